The Morgan fingerprint density at radius 2 is 1.03 bits per heavy atom. The molecule has 0 radical (unpaired) electrons. The van der Waals surface area contributed by atoms with Crippen molar-refractivity contribution in [3.8, 4) is 45.3 Å². The summed E-state index contributed by atoms with van der Waals surface area (Å²) in [5.74, 6) is 2.05. The van der Waals surface area contributed by atoms with Crippen LogP contribution in [0.2, 0.25) is 0 Å². The van der Waals surface area contributed by atoms with Crippen molar-refractivity contribution in [1.29, 1.82) is 0 Å². The minimum absolute atomic E-state index is 0.140. The average molecular weight is 476 g/mol. The van der Waals surface area contributed by atoms with Crippen LogP contribution in [0.4, 0.5) is 0 Å². The van der Waals surface area contributed by atoms with E-state index in [0.29, 0.717) is 17.5 Å². The molecular weight excluding hydrogens is 450 g/mol. The Labute approximate surface area is 216 Å². The van der Waals surface area contributed by atoms with Crippen LogP contribution >= 0.6 is 0 Å². The third kappa shape index (κ3) is 3.39. The molecule has 0 atom stereocenters. The Morgan fingerprint density at radius 3 is 1.70 bits per heavy atom. The SMILES string of the molecule is CC1(C)c2ccccc2-c2ccc3cccc(-c4nc(-c5ccccc5)nc(-c5ccccc5)n4)c3c21. The lowest BCUT2D eigenvalue weighted by Gasteiger charge is -2.24. The van der Waals surface area contributed by atoms with Gasteiger partial charge in [-0.3, -0.25) is 0 Å². The molecule has 6 aromatic rings. The van der Waals surface area contributed by atoms with Gasteiger partial charge >= 0.3 is 0 Å². The van der Waals surface area contributed by atoms with E-state index in [0.717, 1.165) is 16.7 Å². The van der Waals surface area contributed by atoms with E-state index in [1.165, 1.54) is 33.0 Å². The molecule has 3 nitrogen and oxygen atoms in total. The summed E-state index contributed by atoms with van der Waals surface area (Å²) >= 11 is 0. The molecule has 0 saturated heterocycles. The van der Waals surface area contributed by atoms with Gasteiger partial charge < -0.3 is 0 Å². The summed E-state index contributed by atoms with van der Waals surface area (Å²) in [7, 11) is 0. The molecule has 1 heterocycles. The van der Waals surface area contributed by atoms with Crippen LogP contribution in [0.3, 0.4) is 0 Å². The predicted molar refractivity (Wildman–Crippen MR) is 151 cm³/mol. The summed E-state index contributed by atoms with van der Waals surface area (Å²) in [6, 6.07) is 40.0. The molecule has 0 spiro atoms. The van der Waals surface area contributed by atoms with Gasteiger partial charge in [0.1, 0.15) is 0 Å². The highest BCUT2D eigenvalue weighted by Crippen LogP contribution is 2.52. The van der Waals surface area contributed by atoms with Crippen molar-refractivity contribution in [2.24, 2.45) is 0 Å². The van der Waals surface area contributed by atoms with Crippen LogP contribution in [0, 0.1) is 0 Å². The lowest BCUT2D eigenvalue weighted by molar-refractivity contribution is 0.666. The summed E-state index contributed by atoms with van der Waals surface area (Å²) in [6.07, 6.45) is 0. The maximum atomic E-state index is 5.05. The molecule has 7 rings (SSSR count). The molecule has 0 bridgehead atoms. The minimum Gasteiger partial charge on any atom is -0.208 e. The molecule has 176 valence electrons. The highest BCUT2D eigenvalue weighted by Gasteiger charge is 2.37. The van der Waals surface area contributed by atoms with Gasteiger partial charge in [0.2, 0.25) is 0 Å². The Morgan fingerprint density at radius 1 is 0.459 bits per heavy atom. The fourth-order valence-electron chi connectivity index (χ4n) is 5.77. The topological polar surface area (TPSA) is 38.7 Å². The zero-order chi connectivity index (χ0) is 25.0. The molecular formula is C34H25N3. The number of benzene rings is 5. The molecule has 0 saturated carbocycles. The van der Waals surface area contributed by atoms with Crippen molar-refractivity contribution in [1.82, 2.24) is 15.0 Å². The van der Waals surface area contributed by atoms with Gasteiger partial charge in [-0.2, -0.15) is 0 Å². The fourth-order valence-corrected chi connectivity index (χ4v) is 5.77. The predicted octanol–water partition coefficient (Wildman–Crippen LogP) is 8.33. The first kappa shape index (κ1) is 21.6. The lowest BCUT2D eigenvalue weighted by atomic mass is 9.79. The number of fused-ring (bicyclic) bond motifs is 5. The molecule has 37 heavy (non-hydrogen) atoms. The average Bonchev–Trinajstić information content (AvgIpc) is 3.20. The van der Waals surface area contributed by atoms with Crippen molar-refractivity contribution in [2.45, 2.75) is 19.3 Å². The molecule has 1 aliphatic carbocycles. The molecule has 3 heteroatoms. The van der Waals surface area contributed by atoms with Gasteiger partial charge in [-0.15, -0.1) is 0 Å². The summed E-state index contributed by atoms with van der Waals surface area (Å²) in [5.41, 5.74) is 8.14. The second kappa shape index (κ2) is 8.21. The molecule has 0 unspecified atom stereocenters. The van der Waals surface area contributed by atoms with Crippen LogP contribution in [0.1, 0.15) is 25.0 Å². The molecule has 0 fully saturated rings. The maximum Gasteiger partial charge on any atom is 0.164 e. The third-order valence-electron chi connectivity index (χ3n) is 7.50. The highest BCUT2D eigenvalue weighted by atomic mass is 15.0. The van der Waals surface area contributed by atoms with Crippen LogP contribution in [0.15, 0.2) is 115 Å². The van der Waals surface area contributed by atoms with Crippen molar-refractivity contribution in [2.75, 3.05) is 0 Å². The molecule has 1 aliphatic rings. The Kier molecular flexibility index (Phi) is 4.80. The van der Waals surface area contributed by atoms with E-state index in [-0.39, 0.29) is 5.41 Å². The van der Waals surface area contributed by atoms with Gasteiger partial charge in [0.15, 0.2) is 17.5 Å². The standard InChI is InChI=1S/C34H25N3/c1-34(2)28-19-10-9-17-25(28)26-21-20-22-16-11-18-27(29(22)30(26)34)33-36-31(23-12-5-3-6-13-23)35-32(37-33)24-14-7-4-8-15-24/h3-21H,1-2H3. The summed E-state index contributed by atoms with van der Waals surface area (Å²) < 4.78 is 0. The normalized spacial score (nSPS) is 13.4. The third-order valence-corrected chi connectivity index (χ3v) is 7.50. The summed E-state index contributed by atoms with van der Waals surface area (Å²) in [4.78, 5) is 15.0. The van der Waals surface area contributed by atoms with Crippen LogP contribution in [0.5, 0.6) is 0 Å². The number of hydrogen-bond donors (Lipinski definition) is 0. The molecule has 5 aromatic carbocycles. The van der Waals surface area contributed by atoms with Crippen LogP contribution in [-0.2, 0) is 5.41 Å². The number of aromatic nitrogens is 3. The van der Waals surface area contributed by atoms with Gasteiger partial charge in [-0.1, -0.05) is 129 Å². The van der Waals surface area contributed by atoms with E-state index < -0.39 is 0 Å². The van der Waals surface area contributed by atoms with Crippen molar-refractivity contribution < 1.29 is 0 Å². The largest absolute Gasteiger partial charge is 0.208 e. The minimum atomic E-state index is -0.140. The second-order valence-electron chi connectivity index (χ2n) is 10.1. The van der Waals surface area contributed by atoms with Gasteiger partial charge in [-0.25, -0.2) is 15.0 Å². The van der Waals surface area contributed by atoms with Crippen LogP contribution in [0.25, 0.3) is 56.1 Å². The smallest absolute Gasteiger partial charge is 0.164 e. The van der Waals surface area contributed by atoms with E-state index in [1.807, 2.05) is 36.4 Å². The number of hydrogen-bond acceptors (Lipinski definition) is 3. The van der Waals surface area contributed by atoms with E-state index in [1.54, 1.807) is 0 Å². The zero-order valence-electron chi connectivity index (χ0n) is 20.8. The van der Waals surface area contributed by atoms with Crippen LogP contribution in [-0.4, -0.2) is 15.0 Å². The van der Waals surface area contributed by atoms with Gasteiger partial charge in [-0.05, 0) is 33.0 Å². The van der Waals surface area contributed by atoms with E-state index in [9.17, 15) is 0 Å². The summed E-state index contributed by atoms with van der Waals surface area (Å²) in [5, 5.41) is 2.41. The van der Waals surface area contributed by atoms with E-state index >= 15 is 0 Å². The Bertz CT molecular complexity index is 1730. The lowest BCUT2D eigenvalue weighted by Crippen LogP contribution is -2.16. The second-order valence-corrected chi connectivity index (χ2v) is 10.1. The van der Waals surface area contributed by atoms with Gasteiger partial charge in [0.05, 0.1) is 0 Å². The van der Waals surface area contributed by atoms with Crippen LogP contribution < -0.4 is 0 Å². The van der Waals surface area contributed by atoms with Gasteiger partial charge in [0, 0.05) is 22.1 Å². The van der Waals surface area contributed by atoms with E-state index in [4.69, 9.17) is 15.0 Å². The molecule has 0 N–H and O–H groups in total. The van der Waals surface area contributed by atoms with Crippen molar-refractivity contribution in [3.63, 3.8) is 0 Å². The number of nitrogens with zero attached hydrogens (tertiary/aromatic N) is 3. The first-order valence-corrected chi connectivity index (χ1v) is 12.6. The molecule has 1 aromatic heterocycles. The zero-order valence-corrected chi connectivity index (χ0v) is 20.8. The highest BCUT2D eigenvalue weighted by molar-refractivity contribution is 6.04. The fraction of sp³-hybridized carbons (Fsp3) is 0.0882. The maximum absolute atomic E-state index is 5.05. The Balaban J connectivity index is 1.54. The molecule has 0 aliphatic heterocycles. The first-order chi connectivity index (χ1) is 18.1. The quantitative estimate of drug-likeness (QED) is 0.258. The monoisotopic (exact) mass is 475 g/mol. The van der Waals surface area contributed by atoms with E-state index in [2.05, 4.69) is 92.7 Å². The van der Waals surface area contributed by atoms with Crippen molar-refractivity contribution >= 4 is 10.8 Å². The molecule has 0 amide bonds. The van der Waals surface area contributed by atoms with Crippen molar-refractivity contribution in [3.05, 3.63) is 126 Å². The number of rotatable bonds is 3. The first-order valence-electron chi connectivity index (χ1n) is 12.6. The Hall–Kier alpha value is -4.63. The van der Waals surface area contributed by atoms with Gasteiger partial charge in [0.25, 0.3) is 0 Å². The summed E-state index contributed by atoms with van der Waals surface area (Å²) in [6.45, 7) is 4.65.